The fourth-order valence-electron chi connectivity index (χ4n) is 3.95. The van der Waals surface area contributed by atoms with Crippen molar-refractivity contribution in [2.75, 3.05) is 32.8 Å². The molecule has 0 bridgehead atoms. The van der Waals surface area contributed by atoms with E-state index < -0.39 is 0 Å². The van der Waals surface area contributed by atoms with Crippen molar-refractivity contribution in [2.24, 2.45) is 0 Å². The van der Waals surface area contributed by atoms with Crippen LogP contribution in [0.3, 0.4) is 0 Å². The summed E-state index contributed by atoms with van der Waals surface area (Å²) in [5.74, 6) is 0.0753. The van der Waals surface area contributed by atoms with Crippen LogP contribution in [0, 0.1) is 6.92 Å². The highest BCUT2D eigenvalue weighted by molar-refractivity contribution is 5.94. The average molecular weight is 301 g/mol. The molecule has 118 valence electrons. The average Bonchev–Trinajstić information content (AvgIpc) is 3.15. The van der Waals surface area contributed by atoms with Gasteiger partial charge in [-0.2, -0.15) is 0 Å². The smallest absolute Gasteiger partial charge is 0.255 e. The summed E-state index contributed by atoms with van der Waals surface area (Å²) in [6.45, 7) is 6.63. The van der Waals surface area contributed by atoms with E-state index in [1.54, 1.807) is 6.20 Å². The van der Waals surface area contributed by atoms with Crippen LogP contribution in [0.5, 0.6) is 0 Å². The van der Waals surface area contributed by atoms with E-state index in [-0.39, 0.29) is 11.5 Å². The summed E-state index contributed by atoms with van der Waals surface area (Å²) in [5, 5.41) is 0. The molecule has 5 nitrogen and oxygen atoms in total. The van der Waals surface area contributed by atoms with Gasteiger partial charge in [-0.1, -0.05) is 0 Å². The van der Waals surface area contributed by atoms with E-state index in [2.05, 4.69) is 9.88 Å². The topological polar surface area (TPSA) is 45.7 Å². The van der Waals surface area contributed by atoms with Crippen molar-refractivity contribution in [1.82, 2.24) is 14.8 Å². The van der Waals surface area contributed by atoms with Crippen molar-refractivity contribution in [2.45, 2.75) is 37.8 Å². The molecule has 22 heavy (non-hydrogen) atoms. The van der Waals surface area contributed by atoms with Gasteiger partial charge >= 0.3 is 0 Å². The SMILES string of the molecule is Cc1ccc(C(=O)N2CC3(CC(N4CCCC4)CO3)C2)cn1. The van der Waals surface area contributed by atoms with Gasteiger partial charge in [0.25, 0.3) is 5.91 Å². The molecule has 5 heteroatoms. The summed E-state index contributed by atoms with van der Waals surface area (Å²) in [5.41, 5.74) is 1.53. The van der Waals surface area contributed by atoms with Crippen LogP contribution >= 0.6 is 0 Å². The van der Waals surface area contributed by atoms with Gasteiger partial charge in [-0.25, -0.2) is 0 Å². The number of ether oxygens (including phenoxy) is 1. The Kier molecular flexibility index (Phi) is 3.42. The third-order valence-corrected chi connectivity index (χ3v) is 5.25. The van der Waals surface area contributed by atoms with E-state index >= 15 is 0 Å². The molecule has 4 heterocycles. The maximum Gasteiger partial charge on any atom is 0.255 e. The van der Waals surface area contributed by atoms with Crippen LogP contribution in [-0.2, 0) is 4.74 Å². The van der Waals surface area contributed by atoms with Gasteiger partial charge in [0, 0.05) is 17.9 Å². The van der Waals surface area contributed by atoms with Gasteiger partial charge in [0.05, 0.1) is 25.3 Å². The number of hydrogen-bond acceptors (Lipinski definition) is 4. The van der Waals surface area contributed by atoms with Gasteiger partial charge in [-0.15, -0.1) is 0 Å². The molecule has 0 N–H and O–H groups in total. The molecule has 1 spiro atoms. The number of hydrogen-bond donors (Lipinski definition) is 0. The molecule has 1 aromatic rings. The van der Waals surface area contributed by atoms with Crippen molar-refractivity contribution < 1.29 is 9.53 Å². The molecule has 3 fully saturated rings. The third kappa shape index (κ3) is 2.42. The third-order valence-electron chi connectivity index (χ3n) is 5.25. The van der Waals surface area contributed by atoms with Crippen LogP contribution in [0.4, 0.5) is 0 Å². The largest absolute Gasteiger partial charge is 0.370 e. The van der Waals surface area contributed by atoms with E-state index in [9.17, 15) is 4.79 Å². The summed E-state index contributed by atoms with van der Waals surface area (Å²) in [6, 6.07) is 4.30. The van der Waals surface area contributed by atoms with Gasteiger partial charge in [-0.3, -0.25) is 14.7 Å². The molecule has 1 aromatic heterocycles. The Balaban J connectivity index is 1.35. The molecular weight excluding hydrogens is 278 g/mol. The number of aryl methyl sites for hydroxylation is 1. The highest BCUT2D eigenvalue weighted by Crippen LogP contribution is 2.38. The zero-order valence-corrected chi connectivity index (χ0v) is 13.1. The van der Waals surface area contributed by atoms with Gasteiger partial charge in [0.1, 0.15) is 5.60 Å². The number of likely N-dealkylation sites (tertiary alicyclic amines) is 2. The maximum absolute atomic E-state index is 12.4. The van der Waals surface area contributed by atoms with E-state index in [1.165, 1.54) is 25.9 Å². The predicted octanol–water partition coefficient (Wildman–Crippen LogP) is 1.47. The quantitative estimate of drug-likeness (QED) is 0.830. The molecule has 0 saturated carbocycles. The van der Waals surface area contributed by atoms with E-state index in [1.807, 2.05) is 24.0 Å². The van der Waals surface area contributed by atoms with Crippen LogP contribution < -0.4 is 0 Å². The lowest BCUT2D eigenvalue weighted by Crippen LogP contribution is -2.63. The van der Waals surface area contributed by atoms with E-state index in [0.29, 0.717) is 11.6 Å². The second kappa shape index (κ2) is 5.32. The minimum absolute atomic E-state index is 0.0753. The number of amides is 1. The monoisotopic (exact) mass is 301 g/mol. The lowest BCUT2D eigenvalue weighted by Gasteiger charge is -2.47. The predicted molar refractivity (Wildman–Crippen MR) is 82.8 cm³/mol. The first-order chi connectivity index (χ1) is 10.7. The van der Waals surface area contributed by atoms with Crippen LogP contribution in [0.1, 0.15) is 35.3 Å². The van der Waals surface area contributed by atoms with Crippen LogP contribution in [0.15, 0.2) is 18.3 Å². The summed E-state index contributed by atoms with van der Waals surface area (Å²) in [4.78, 5) is 21.1. The van der Waals surface area contributed by atoms with Crippen LogP contribution in [0.25, 0.3) is 0 Å². The number of carbonyl (C=O) groups is 1. The zero-order valence-electron chi connectivity index (χ0n) is 13.1. The maximum atomic E-state index is 12.4. The lowest BCUT2D eigenvalue weighted by atomic mass is 9.88. The zero-order chi connectivity index (χ0) is 15.2. The van der Waals surface area contributed by atoms with Crippen molar-refractivity contribution in [3.63, 3.8) is 0 Å². The Morgan fingerprint density at radius 1 is 1.32 bits per heavy atom. The van der Waals surface area contributed by atoms with Gasteiger partial charge in [-0.05, 0) is 51.4 Å². The molecule has 4 rings (SSSR count). The molecule has 3 saturated heterocycles. The number of pyridine rings is 1. The molecule has 0 radical (unpaired) electrons. The normalized spacial score (nSPS) is 27.3. The first-order valence-corrected chi connectivity index (χ1v) is 8.25. The minimum Gasteiger partial charge on any atom is -0.370 e. The molecule has 3 aliphatic rings. The Hall–Kier alpha value is -1.46. The molecule has 1 atom stereocenters. The number of carbonyl (C=O) groups excluding carboxylic acids is 1. The van der Waals surface area contributed by atoms with Crippen molar-refractivity contribution in [3.8, 4) is 0 Å². The minimum atomic E-state index is -0.0823. The van der Waals surface area contributed by atoms with Gasteiger partial charge < -0.3 is 9.64 Å². The Bertz CT molecular complexity index is 560. The second-order valence-electron chi connectivity index (χ2n) is 6.94. The fourth-order valence-corrected chi connectivity index (χ4v) is 3.95. The fraction of sp³-hybridized carbons (Fsp3) is 0.647. The second-order valence-corrected chi connectivity index (χ2v) is 6.94. The molecule has 0 aromatic carbocycles. The molecule has 1 amide bonds. The number of nitrogens with zero attached hydrogens (tertiary/aromatic N) is 3. The standard InChI is InChI=1S/C17H23N3O2/c1-13-4-5-14(9-18-13)16(21)20-11-17(12-20)8-15(10-22-17)19-6-2-3-7-19/h4-5,9,15H,2-3,6-8,10-12H2,1H3. The summed E-state index contributed by atoms with van der Waals surface area (Å²) in [6.07, 6.45) is 5.37. The Morgan fingerprint density at radius 2 is 2.09 bits per heavy atom. The molecule has 3 aliphatic heterocycles. The summed E-state index contributed by atoms with van der Waals surface area (Å²) >= 11 is 0. The van der Waals surface area contributed by atoms with Crippen LogP contribution in [-0.4, -0.2) is 65.1 Å². The first kappa shape index (κ1) is 14.2. The lowest BCUT2D eigenvalue weighted by molar-refractivity contribution is -0.0950. The summed E-state index contributed by atoms with van der Waals surface area (Å²) < 4.78 is 6.09. The molecule has 0 aliphatic carbocycles. The van der Waals surface area contributed by atoms with Gasteiger partial charge in [0.2, 0.25) is 0 Å². The molecule has 1 unspecified atom stereocenters. The Morgan fingerprint density at radius 3 is 2.77 bits per heavy atom. The summed E-state index contributed by atoms with van der Waals surface area (Å²) in [7, 11) is 0. The van der Waals surface area contributed by atoms with Crippen molar-refractivity contribution >= 4 is 5.91 Å². The number of rotatable bonds is 2. The van der Waals surface area contributed by atoms with E-state index in [0.717, 1.165) is 31.8 Å². The highest BCUT2D eigenvalue weighted by atomic mass is 16.5. The van der Waals surface area contributed by atoms with Gasteiger partial charge in [0.15, 0.2) is 0 Å². The van der Waals surface area contributed by atoms with Crippen LogP contribution in [0.2, 0.25) is 0 Å². The first-order valence-electron chi connectivity index (χ1n) is 8.25. The number of aromatic nitrogens is 1. The Labute approximate surface area is 131 Å². The van der Waals surface area contributed by atoms with Crippen molar-refractivity contribution in [3.05, 3.63) is 29.6 Å². The van der Waals surface area contributed by atoms with Crippen molar-refractivity contribution in [1.29, 1.82) is 0 Å². The highest BCUT2D eigenvalue weighted by Gasteiger charge is 2.52. The van der Waals surface area contributed by atoms with E-state index in [4.69, 9.17) is 4.74 Å². The molecular formula is C17H23N3O2.